The molecule has 5 heteroatoms. The van der Waals surface area contributed by atoms with Gasteiger partial charge in [-0.25, -0.2) is 0 Å². The molecule has 17 heavy (non-hydrogen) atoms. The second kappa shape index (κ2) is 4.96. The van der Waals surface area contributed by atoms with Crippen molar-refractivity contribution in [3.63, 3.8) is 0 Å². The first-order chi connectivity index (χ1) is 7.70. The highest BCUT2D eigenvalue weighted by Crippen LogP contribution is 2.33. The van der Waals surface area contributed by atoms with Gasteiger partial charge >= 0.3 is 6.18 Å². The fraction of sp³-hybridized carbons (Fsp3) is 0.500. The smallest absolute Gasteiger partial charge is 0.416 e. The Hall–Kier alpha value is -1.23. The summed E-state index contributed by atoms with van der Waals surface area (Å²) in [5, 5.41) is 12.4. The van der Waals surface area contributed by atoms with Crippen molar-refractivity contribution in [3.05, 3.63) is 29.3 Å². The summed E-state index contributed by atoms with van der Waals surface area (Å²) in [6.45, 7) is 5.57. The molecule has 1 atom stereocenters. The first kappa shape index (κ1) is 13.8. The van der Waals surface area contributed by atoms with Crippen molar-refractivity contribution < 1.29 is 18.3 Å². The summed E-state index contributed by atoms with van der Waals surface area (Å²) >= 11 is 0. The molecule has 1 rings (SSSR count). The Morgan fingerprint density at radius 3 is 2.18 bits per heavy atom. The molecule has 1 aromatic carbocycles. The van der Waals surface area contributed by atoms with Gasteiger partial charge in [0.1, 0.15) is 5.75 Å². The lowest BCUT2D eigenvalue weighted by Crippen LogP contribution is -2.26. The summed E-state index contributed by atoms with van der Waals surface area (Å²) in [4.78, 5) is 0. The number of rotatable bonds is 3. The maximum absolute atomic E-state index is 12.5. The van der Waals surface area contributed by atoms with E-state index in [2.05, 4.69) is 5.32 Å². The third-order valence-electron chi connectivity index (χ3n) is 2.35. The molecule has 0 saturated heterocycles. The molecule has 0 heterocycles. The van der Waals surface area contributed by atoms with Gasteiger partial charge in [-0.15, -0.1) is 0 Å². The van der Waals surface area contributed by atoms with E-state index in [0.29, 0.717) is 5.56 Å². The Morgan fingerprint density at radius 2 is 1.71 bits per heavy atom. The van der Waals surface area contributed by atoms with Crippen LogP contribution < -0.4 is 5.32 Å². The summed E-state index contributed by atoms with van der Waals surface area (Å²) < 4.78 is 37.6. The number of hydrogen-bond donors (Lipinski definition) is 2. The zero-order valence-electron chi connectivity index (χ0n) is 9.97. The van der Waals surface area contributed by atoms with Crippen molar-refractivity contribution in [3.8, 4) is 5.75 Å². The molecule has 0 saturated carbocycles. The second-order valence-electron chi connectivity index (χ2n) is 4.35. The van der Waals surface area contributed by atoms with Gasteiger partial charge in [-0.3, -0.25) is 0 Å². The SMILES string of the molecule is CC(C)N[C@H](C)c1cc(O)cc(C(F)(F)F)c1. The number of nitrogens with one attached hydrogen (secondary N) is 1. The number of hydrogen-bond acceptors (Lipinski definition) is 2. The van der Waals surface area contributed by atoms with Crippen molar-refractivity contribution in [1.82, 2.24) is 5.32 Å². The molecule has 96 valence electrons. The van der Waals surface area contributed by atoms with Gasteiger partial charge in [-0.2, -0.15) is 13.2 Å². The summed E-state index contributed by atoms with van der Waals surface area (Å²) in [7, 11) is 0. The Balaban J connectivity index is 3.05. The second-order valence-corrected chi connectivity index (χ2v) is 4.35. The highest BCUT2D eigenvalue weighted by atomic mass is 19.4. The number of aromatic hydroxyl groups is 1. The molecule has 0 fully saturated rings. The zero-order valence-corrected chi connectivity index (χ0v) is 9.97. The van der Waals surface area contributed by atoms with Gasteiger partial charge in [0, 0.05) is 12.1 Å². The highest BCUT2D eigenvalue weighted by molar-refractivity contribution is 5.36. The van der Waals surface area contributed by atoms with Gasteiger partial charge in [0.05, 0.1) is 5.56 Å². The van der Waals surface area contributed by atoms with E-state index >= 15 is 0 Å². The lowest BCUT2D eigenvalue weighted by Gasteiger charge is -2.19. The number of benzene rings is 1. The minimum atomic E-state index is -4.44. The third-order valence-corrected chi connectivity index (χ3v) is 2.35. The zero-order chi connectivity index (χ0) is 13.2. The van der Waals surface area contributed by atoms with Crippen molar-refractivity contribution >= 4 is 0 Å². The van der Waals surface area contributed by atoms with Crippen LogP contribution in [0, 0.1) is 0 Å². The van der Waals surface area contributed by atoms with Crippen molar-refractivity contribution in [1.29, 1.82) is 0 Å². The molecule has 0 radical (unpaired) electrons. The topological polar surface area (TPSA) is 32.3 Å². The molecule has 0 aromatic heterocycles. The predicted molar refractivity (Wildman–Crippen MR) is 59.8 cm³/mol. The number of phenols is 1. The molecule has 0 amide bonds. The molecular formula is C12H16F3NO. The first-order valence-corrected chi connectivity index (χ1v) is 5.37. The van der Waals surface area contributed by atoms with Gasteiger partial charge in [0.2, 0.25) is 0 Å². The van der Waals surface area contributed by atoms with E-state index < -0.39 is 11.7 Å². The summed E-state index contributed by atoms with van der Waals surface area (Å²) in [6.07, 6.45) is -4.44. The molecule has 2 N–H and O–H groups in total. The fourth-order valence-electron chi connectivity index (χ4n) is 1.64. The van der Waals surface area contributed by atoms with Crippen LogP contribution in [0.3, 0.4) is 0 Å². The quantitative estimate of drug-likeness (QED) is 0.857. The molecule has 0 aliphatic heterocycles. The number of phenolic OH excluding ortho intramolecular Hbond substituents is 1. The van der Waals surface area contributed by atoms with Crippen molar-refractivity contribution in [2.45, 2.75) is 39.0 Å². The number of alkyl halides is 3. The monoisotopic (exact) mass is 247 g/mol. The van der Waals surface area contributed by atoms with Crippen LogP contribution in [0.1, 0.15) is 37.9 Å². The molecule has 0 unspecified atom stereocenters. The molecule has 2 nitrogen and oxygen atoms in total. The lowest BCUT2D eigenvalue weighted by molar-refractivity contribution is -0.137. The van der Waals surface area contributed by atoms with E-state index in [-0.39, 0.29) is 17.8 Å². The summed E-state index contributed by atoms with van der Waals surface area (Å²) in [6, 6.07) is 3.03. The molecule has 0 spiro atoms. The van der Waals surface area contributed by atoms with E-state index in [1.165, 1.54) is 6.07 Å². The average molecular weight is 247 g/mol. The average Bonchev–Trinajstić information content (AvgIpc) is 2.14. The Labute approximate surface area is 98.5 Å². The standard InChI is InChI=1S/C12H16F3NO/c1-7(2)16-8(3)9-4-10(12(13,14)15)6-11(17)5-9/h4-8,16-17H,1-3H3/t8-/m1/s1. The molecule has 1 aromatic rings. The van der Waals surface area contributed by atoms with Crippen molar-refractivity contribution in [2.24, 2.45) is 0 Å². The maximum atomic E-state index is 12.5. The normalized spacial score (nSPS) is 14.1. The van der Waals surface area contributed by atoms with E-state index in [4.69, 9.17) is 0 Å². The minimum absolute atomic E-state index is 0.154. The van der Waals surface area contributed by atoms with E-state index in [9.17, 15) is 18.3 Å². The molecular weight excluding hydrogens is 231 g/mol. The van der Waals surface area contributed by atoms with E-state index in [1.54, 1.807) is 6.92 Å². The van der Waals surface area contributed by atoms with Crippen LogP contribution in [0.25, 0.3) is 0 Å². The molecule has 0 aliphatic rings. The molecule has 0 aliphatic carbocycles. The van der Waals surface area contributed by atoms with Gasteiger partial charge < -0.3 is 10.4 Å². The van der Waals surface area contributed by atoms with Crippen LogP contribution in [-0.4, -0.2) is 11.1 Å². The number of halogens is 3. The van der Waals surface area contributed by atoms with Crippen molar-refractivity contribution in [2.75, 3.05) is 0 Å². The summed E-state index contributed by atoms with van der Waals surface area (Å²) in [5.74, 6) is -0.368. The molecule has 0 bridgehead atoms. The minimum Gasteiger partial charge on any atom is -0.508 e. The van der Waals surface area contributed by atoms with Crippen LogP contribution in [0.4, 0.5) is 13.2 Å². The van der Waals surface area contributed by atoms with Gasteiger partial charge in [-0.1, -0.05) is 13.8 Å². The lowest BCUT2D eigenvalue weighted by atomic mass is 10.0. The highest BCUT2D eigenvalue weighted by Gasteiger charge is 2.31. The van der Waals surface area contributed by atoms with E-state index in [1.807, 2.05) is 13.8 Å². The summed E-state index contributed by atoms with van der Waals surface area (Å²) in [5.41, 5.74) is -0.407. The van der Waals surface area contributed by atoms with Crippen LogP contribution in [-0.2, 0) is 6.18 Å². The fourth-order valence-corrected chi connectivity index (χ4v) is 1.64. The predicted octanol–water partition coefficient (Wildman–Crippen LogP) is 3.47. The third kappa shape index (κ3) is 3.93. The van der Waals surface area contributed by atoms with Crippen LogP contribution >= 0.6 is 0 Å². The van der Waals surface area contributed by atoms with Gasteiger partial charge in [0.25, 0.3) is 0 Å². The maximum Gasteiger partial charge on any atom is 0.416 e. The van der Waals surface area contributed by atoms with Crippen LogP contribution in [0.5, 0.6) is 5.75 Å². The van der Waals surface area contributed by atoms with Crippen LogP contribution in [0.2, 0.25) is 0 Å². The van der Waals surface area contributed by atoms with Crippen LogP contribution in [0.15, 0.2) is 18.2 Å². The Bertz CT molecular complexity index is 388. The van der Waals surface area contributed by atoms with Gasteiger partial charge in [-0.05, 0) is 30.7 Å². The van der Waals surface area contributed by atoms with Gasteiger partial charge in [0.15, 0.2) is 0 Å². The Morgan fingerprint density at radius 1 is 1.12 bits per heavy atom. The Kier molecular flexibility index (Phi) is 4.03. The largest absolute Gasteiger partial charge is 0.508 e. The van der Waals surface area contributed by atoms with E-state index in [0.717, 1.165) is 12.1 Å². The first-order valence-electron chi connectivity index (χ1n) is 5.37.